The fraction of sp³-hybridized carbons (Fsp3) is 0.889. The molecule has 0 unspecified atom stereocenters. The summed E-state index contributed by atoms with van der Waals surface area (Å²) in [6, 6.07) is 0.498. The second kappa shape index (κ2) is 9.53. The number of ether oxygens (including phenoxy) is 2. The van der Waals surface area contributed by atoms with Crippen molar-refractivity contribution in [1.29, 1.82) is 0 Å². The van der Waals surface area contributed by atoms with Gasteiger partial charge < -0.3 is 14.3 Å². The van der Waals surface area contributed by atoms with Gasteiger partial charge in [0.15, 0.2) is 0 Å². The quantitative estimate of drug-likeness (QED) is 0.674. The van der Waals surface area contributed by atoms with E-state index in [9.17, 15) is 9.59 Å². The molecule has 8 heteroatoms. The van der Waals surface area contributed by atoms with E-state index in [2.05, 4.69) is 9.80 Å². The average molecular weight is 371 g/mol. The minimum Gasteiger partial charge on any atom is -0.465 e. The first-order valence-electron chi connectivity index (χ1n) is 9.54. The molecule has 2 saturated heterocycles. The third-order valence-corrected chi connectivity index (χ3v) is 4.60. The number of hydrogen-bond donors (Lipinski definition) is 0. The lowest BCUT2D eigenvalue weighted by molar-refractivity contribution is -0.158. The van der Waals surface area contributed by atoms with Gasteiger partial charge in [0.1, 0.15) is 5.60 Å². The summed E-state index contributed by atoms with van der Waals surface area (Å²) in [4.78, 5) is 33.2. The molecule has 0 bridgehead atoms. The zero-order chi connectivity index (χ0) is 19.2. The molecule has 0 aromatic carbocycles. The molecule has 2 heterocycles. The molecule has 8 nitrogen and oxygen atoms in total. The number of piperazine rings is 1. The van der Waals surface area contributed by atoms with E-state index in [1.807, 2.05) is 27.7 Å². The van der Waals surface area contributed by atoms with Crippen molar-refractivity contribution in [2.24, 2.45) is 0 Å². The van der Waals surface area contributed by atoms with Gasteiger partial charge >= 0.3 is 12.1 Å². The SMILES string of the molecule is CCOC(=O)CN1CCN(C2CCN(OC(=O)OC(C)(C)C)CC2)CC1. The molecule has 0 aliphatic carbocycles. The molecule has 0 amide bonds. The van der Waals surface area contributed by atoms with Crippen LogP contribution < -0.4 is 0 Å². The number of hydrogen-bond acceptors (Lipinski definition) is 8. The molecule has 0 aromatic heterocycles. The molecule has 0 spiro atoms. The van der Waals surface area contributed by atoms with Crippen LogP contribution in [0.25, 0.3) is 0 Å². The highest BCUT2D eigenvalue weighted by Gasteiger charge is 2.30. The lowest BCUT2D eigenvalue weighted by atomic mass is 10.0. The normalized spacial score (nSPS) is 21.4. The molecule has 2 rings (SSSR count). The number of hydroxylamine groups is 2. The van der Waals surface area contributed by atoms with Crippen molar-refractivity contribution in [3.63, 3.8) is 0 Å². The summed E-state index contributed by atoms with van der Waals surface area (Å²) in [6.45, 7) is 13.2. The van der Waals surface area contributed by atoms with E-state index in [0.717, 1.165) is 39.0 Å². The Morgan fingerprint density at radius 3 is 2.15 bits per heavy atom. The summed E-state index contributed by atoms with van der Waals surface area (Å²) in [7, 11) is 0. The predicted molar refractivity (Wildman–Crippen MR) is 96.6 cm³/mol. The van der Waals surface area contributed by atoms with Crippen LogP contribution in [-0.4, -0.2) is 91.1 Å². The molecule has 0 N–H and O–H groups in total. The highest BCUT2D eigenvalue weighted by atomic mass is 16.8. The number of nitrogens with zero attached hydrogens (tertiary/aromatic N) is 3. The van der Waals surface area contributed by atoms with Crippen LogP contribution in [0.2, 0.25) is 0 Å². The molecule has 2 fully saturated rings. The first kappa shape index (κ1) is 20.9. The molecule has 0 radical (unpaired) electrons. The van der Waals surface area contributed by atoms with Crippen LogP contribution in [0.4, 0.5) is 4.79 Å². The highest BCUT2D eigenvalue weighted by molar-refractivity contribution is 5.71. The van der Waals surface area contributed by atoms with Gasteiger partial charge in [0, 0.05) is 45.3 Å². The smallest absolute Gasteiger partial charge is 0.465 e. The molecule has 2 aliphatic rings. The van der Waals surface area contributed by atoms with Crippen LogP contribution in [0.3, 0.4) is 0 Å². The van der Waals surface area contributed by atoms with Gasteiger partial charge in [0.25, 0.3) is 0 Å². The topological polar surface area (TPSA) is 71.5 Å². The standard InChI is InChI=1S/C18H33N3O5/c1-5-24-16(22)14-19-10-12-20(13-11-19)15-6-8-21(9-7-15)26-17(23)25-18(2,3)4/h15H,5-14H2,1-4H3. The van der Waals surface area contributed by atoms with Gasteiger partial charge in [-0.05, 0) is 40.5 Å². The van der Waals surface area contributed by atoms with E-state index >= 15 is 0 Å². The predicted octanol–water partition coefficient (Wildman–Crippen LogP) is 1.50. The van der Waals surface area contributed by atoms with Gasteiger partial charge in [0.2, 0.25) is 0 Å². The first-order valence-corrected chi connectivity index (χ1v) is 9.54. The summed E-state index contributed by atoms with van der Waals surface area (Å²) in [5, 5.41) is 1.70. The van der Waals surface area contributed by atoms with Crippen molar-refractivity contribution in [3.8, 4) is 0 Å². The van der Waals surface area contributed by atoms with Crippen molar-refractivity contribution < 1.29 is 23.9 Å². The number of piperidine rings is 1. The Bertz CT molecular complexity index is 464. The van der Waals surface area contributed by atoms with Gasteiger partial charge in [-0.15, -0.1) is 5.06 Å². The third kappa shape index (κ3) is 7.09. The van der Waals surface area contributed by atoms with Crippen molar-refractivity contribution in [2.75, 3.05) is 52.4 Å². The minimum atomic E-state index is -0.636. The fourth-order valence-corrected chi connectivity index (χ4v) is 3.35. The lowest BCUT2D eigenvalue weighted by Crippen LogP contribution is -2.54. The van der Waals surface area contributed by atoms with Crippen LogP contribution in [-0.2, 0) is 19.1 Å². The molecule has 150 valence electrons. The Morgan fingerprint density at radius 2 is 1.62 bits per heavy atom. The number of carbonyl (C=O) groups excluding carboxylic acids is 2. The van der Waals surface area contributed by atoms with E-state index in [-0.39, 0.29) is 5.97 Å². The van der Waals surface area contributed by atoms with Crippen molar-refractivity contribution in [1.82, 2.24) is 14.9 Å². The maximum Gasteiger partial charge on any atom is 0.528 e. The highest BCUT2D eigenvalue weighted by Crippen LogP contribution is 2.19. The third-order valence-electron chi connectivity index (χ3n) is 4.60. The zero-order valence-corrected chi connectivity index (χ0v) is 16.5. The molecular formula is C18H33N3O5. The molecule has 0 atom stereocenters. The lowest BCUT2D eigenvalue weighted by Gasteiger charge is -2.41. The minimum absolute atomic E-state index is 0.145. The van der Waals surface area contributed by atoms with E-state index in [0.29, 0.717) is 32.3 Å². The van der Waals surface area contributed by atoms with E-state index < -0.39 is 11.8 Å². The van der Waals surface area contributed by atoms with Crippen molar-refractivity contribution >= 4 is 12.1 Å². The van der Waals surface area contributed by atoms with Crippen LogP contribution in [0.1, 0.15) is 40.5 Å². The fourth-order valence-electron chi connectivity index (χ4n) is 3.35. The number of carbonyl (C=O) groups is 2. The first-order chi connectivity index (χ1) is 12.3. The average Bonchev–Trinajstić information content (AvgIpc) is 2.55. The largest absolute Gasteiger partial charge is 0.528 e. The van der Waals surface area contributed by atoms with Gasteiger partial charge in [-0.2, -0.15) is 0 Å². The molecule has 2 aliphatic heterocycles. The summed E-state index contributed by atoms with van der Waals surface area (Å²) in [6.07, 6.45) is 1.28. The van der Waals surface area contributed by atoms with E-state index in [1.54, 1.807) is 5.06 Å². The molecule has 0 aromatic rings. The van der Waals surface area contributed by atoms with Crippen LogP contribution in [0.15, 0.2) is 0 Å². The van der Waals surface area contributed by atoms with Gasteiger partial charge in [0.05, 0.1) is 13.2 Å². The van der Waals surface area contributed by atoms with Crippen LogP contribution >= 0.6 is 0 Å². The maximum atomic E-state index is 11.7. The zero-order valence-electron chi connectivity index (χ0n) is 16.5. The Morgan fingerprint density at radius 1 is 1.00 bits per heavy atom. The second-order valence-electron chi connectivity index (χ2n) is 7.83. The summed E-state index contributed by atoms with van der Waals surface area (Å²) in [5.74, 6) is -0.145. The number of rotatable bonds is 5. The Labute approximate surface area is 156 Å². The monoisotopic (exact) mass is 371 g/mol. The maximum absolute atomic E-state index is 11.7. The van der Waals surface area contributed by atoms with Gasteiger partial charge in [-0.25, -0.2) is 4.79 Å². The molecule has 26 heavy (non-hydrogen) atoms. The van der Waals surface area contributed by atoms with Gasteiger partial charge in [-0.3, -0.25) is 14.6 Å². The number of esters is 1. The van der Waals surface area contributed by atoms with E-state index in [1.165, 1.54) is 0 Å². The molecule has 0 saturated carbocycles. The van der Waals surface area contributed by atoms with Crippen LogP contribution in [0, 0.1) is 0 Å². The summed E-state index contributed by atoms with van der Waals surface area (Å²) >= 11 is 0. The van der Waals surface area contributed by atoms with Crippen LogP contribution in [0.5, 0.6) is 0 Å². The Hall–Kier alpha value is -1.38. The molecular weight excluding hydrogens is 338 g/mol. The van der Waals surface area contributed by atoms with Crippen molar-refractivity contribution in [2.45, 2.75) is 52.2 Å². The Kier molecular flexibility index (Phi) is 7.67. The summed E-state index contributed by atoms with van der Waals surface area (Å²) < 4.78 is 10.2. The second-order valence-corrected chi connectivity index (χ2v) is 7.83. The summed E-state index contributed by atoms with van der Waals surface area (Å²) in [5.41, 5.74) is -0.543. The van der Waals surface area contributed by atoms with E-state index in [4.69, 9.17) is 14.3 Å². The van der Waals surface area contributed by atoms with Crippen molar-refractivity contribution in [3.05, 3.63) is 0 Å². The Balaban J connectivity index is 1.66. The van der Waals surface area contributed by atoms with Gasteiger partial charge in [-0.1, -0.05) is 0 Å².